The lowest BCUT2D eigenvalue weighted by molar-refractivity contribution is 0.0688. The van der Waals surface area contributed by atoms with Crippen LogP contribution in [0.25, 0.3) is 0 Å². The highest BCUT2D eigenvalue weighted by molar-refractivity contribution is 5.86. The molecule has 0 atom stereocenters. The molecule has 100 valence electrons. The highest BCUT2D eigenvalue weighted by Gasteiger charge is 2.27. The standard InChI is InChI=1S/C11H18N4O3/c16-7-1-6-15-10(8-2-4-12-5-3-8)9(11(17)18)13-14-15/h8,12,16H,1-7H2,(H,17,18). The Hall–Kier alpha value is -1.47. The van der Waals surface area contributed by atoms with Crippen LogP contribution in [0, 0.1) is 0 Å². The van der Waals surface area contributed by atoms with Gasteiger partial charge >= 0.3 is 5.97 Å². The number of carbonyl (C=O) groups is 1. The van der Waals surface area contributed by atoms with Crippen molar-refractivity contribution >= 4 is 5.97 Å². The SMILES string of the molecule is O=C(O)c1nnn(CCCO)c1C1CCNCC1. The van der Waals surface area contributed by atoms with Crippen LogP contribution in [-0.4, -0.2) is 50.9 Å². The van der Waals surface area contributed by atoms with E-state index in [9.17, 15) is 4.79 Å². The van der Waals surface area contributed by atoms with E-state index in [1.54, 1.807) is 4.68 Å². The monoisotopic (exact) mass is 254 g/mol. The van der Waals surface area contributed by atoms with E-state index in [-0.39, 0.29) is 18.2 Å². The van der Waals surface area contributed by atoms with Crippen LogP contribution < -0.4 is 5.32 Å². The number of hydrogen-bond acceptors (Lipinski definition) is 5. The molecule has 0 radical (unpaired) electrons. The third kappa shape index (κ3) is 2.68. The first-order chi connectivity index (χ1) is 8.74. The van der Waals surface area contributed by atoms with Crippen LogP contribution in [0.3, 0.4) is 0 Å². The number of aliphatic hydroxyl groups is 1. The largest absolute Gasteiger partial charge is 0.476 e. The lowest BCUT2D eigenvalue weighted by Crippen LogP contribution is -2.28. The Morgan fingerprint density at radius 3 is 2.78 bits per heavy atom. The van der Waals surface area contributed by atoms with Gasteiger partial charge in [-0.25, -0.2) is 9.48 Å². The molecule has 0 aromatic carbocycles. The van der Waals surface area contributed by atoms with Crippen molar-refractivity contribution in [3.8, 4) is 0 Å². The third-order valence-corrected chi connectivity index (χ3v) is 3.23. The number of nitrogens with zero attached hydrogens (tertiary/aromatic N) is 3. The van der Waals surface area contributed by atoms with Gasteiger partial charge in [0.05, 0.1) is 5.69 Å². The molecule has 1 aromatic heterocycles. The van der Waals surface area contributed by atoms with Gasteiger partial charge in [0.15, 0.2) is 5.69 Å². The van der Waals surface area contributed by atoms with Crippen LogP contribution in [0.5, 0.6) is 0 Å². The number of aryl methyl sites for hydroxylation is 1. The lowest BCUT2D eigenvalue weighted by atomic mass is 9.93. The maximum atomic E-state index is 11.2. The topological polar surface area (TPSA) is 100 Å². The molecule has 0 spiro atoms. The van der Waals surface area contributed by atoms with Crippen LogP contribution in [0.1, 0.15) is 41.4 Å². The van der Waals surface area contributed by atoms with Crippen molar-refractivity contribution in [1.29, 1.82) is 0 Å². The molecule has 1 aromatic rings. The lowest BCUT2D eigenvalue weighted by Gasteiger charge is -2.23. The summed E-state index contributed by atoms with van der Waals surface area (Å²) in [7, 11) is 0. The highest BCUT2D eigenvalue weighted by atomic mass is 16.4. The van der Waals surface area contributed by atoms with Crippen molar-refractivity contribution in [2.24, 2.45) is 0 Å². The number of aromatic carboxylic acids is 1. The fourth-order valence-electron chi connectivity index (χ4n) is 2.36. The van der Waals surface area contributed by atoms with Crippen LogP contribution >= 0.6 is 0 Å². The van der Waals surface area contributed by atoms with Crippen LogP contribution in [0.2, 0.25) is 0 Å². The van der Waals surface area contributed by atoms with Gasteiger partial charge in [0.2, 0.25) is 0 Å². The van der Waals surface area contributed by atoms with Crippen molar-refractivity contribution in [2.45, 2.75) is 31.7 Å². The molecule has 2 heterocycles. The van der Waals surface area contributed by atoms with E-state index in [4.69, 9.17) is 10.2 Å². The number of aliphatic hydroxyl groups excluding tert-OH is 1. The summed E-state index contributed by atoms with van der Waals surface area (Å²) >= 11 is 0. The van der Waals surface area contributed by atoms with Crippen molar-refractivity contribution < 1.29 is 15.0 Å². The van der Waals surface area contributed by atoms with E-state index < -0.39 is 5.97 Å². The van der Waals surface area contributed by atoms with Gasteiger partial charge in [0.25, 0.3) is 0 Å². The summed E-state index contributed by atoms with van der Waals surface area (Å²) in [5.74, 6) is -0.843. The summed E-state index contributed by atoms with van der Waals surface area (Å²) in [6.07, 6.45) is 2.35. The molecule has 7 nitrogen and oxygen atoms in total. The zero-order chi connectivity index (χ0) is 13.0. The normalized spacial score (nSPS) is 16.9. The molecule has 0 bridgehead atoms. The number of carboxylic acid groups (broad SMARTS) is 1. The summed E-state index contributed by atoms with van der Waals surface area (Å²) in [5, 5.41) is 28.9. The Kier molecular flexibility index (Phi) is 4.27. The van der Waals surface area contributed by atoms with E-state index in [0.29, 0.717) is 18.7 Å². The molecule has 1 saturated heterocycles. The summed E-state index contributed by atoms with van der Waals surface area (Å²) in [6, 6.07) is 0. The molecule has 18 heavy (non-hydrogen) atoms. The zero-order valence-corrected chi connectivity index (χ0v) is 10.2. The summed E-state index contributed by atoms with van der Waals surface area (Å²) in [6.45, 7) is 2.34. The van der Waals surface area contributed by atoms with E-state index in [1.165, 1.54) is 0 Å². The zero-order valence-electron chi connectivity index (χ0n) is 10.2. The summed E-state index contributed by atoms with van der Waals surface area (Å²) < 4.78 is 1.63. The minimum atomic E-state index is -1.03. The molecule has 1 aliphatic rings. The van der Waals surface area contributed by atoms with Gasteiger partial charge < -0.3 is 15.5 Å². The van der Waals surface area contributed by atoms with E-state index in [0.717, 1.165) is 25.9 Å². The Bertz CT molecular complexity index is 412. The maximum Gasteiger partial charge on any atom is 0.358 e. The Morgan fingerprint density at radius 1 is 1.44 bits per heavy atom. The van der Waals surface area contributed by atoms with Crippen molar-refractivity contribution in [3.05, 3.63) is 11.4 Å². The van der Waals surface area contributed by atoms with E-state index in [2.05, 4.69) is 15.6 Å². The van der Waals surface area contributed by atoms with E-state index >= 15 is 0 Å². The number of carboxylic acids is 1. The first kappa shape index (κ1) is 13.0. The van der Waals surface area contributed by atoms with Gasteiger partial charge in [-0.05, 0) is 32.4 Å². The molecule has 0 amide bonds. The predicted octanol–water partition coefficient (Wildman–Crippen LogP) is -0.174. The maximum absolute atomic E-state index is 11.2. The number of nitrogens with one attached hydrogen (secondary N) is 1. The van der Waals surface area contributed by atoms with Gasteiger partial charge in [-0.2, -0.15) is 0 Å². The third-order valence-electron chi connectivity index (χ3n) is 3.23. The minimum Gasteiger partial charge on any atom is -0.476 e. The smallest absolute Gasteiger partial charge is 0.358 e. The Morgan fingerprint density at radius 2 is 2.17 bits per heavy atom. The molecule has 2 rings (SSSR count). The molecule has 7 heteroatoms. The highest BCUT2D eigenvalue weighted by Crippen LogP contribution is 2.27. The molecular formula is C11H18N4O3. The van der Waals surface area contributed by atoms with Crippen LogP contribution in [0.15, 0.2) is 0 Å². The van der Waals surface area contributed by atoms with Gasteiger partial charge in [0.1, 0.15) is 0 Å². The quantitative estimate of drug-likeness (QED) is 0.674. The first-order valence-corrected chi connectivity index (χ1v) is 6.22. The second-order valence-corrected chi connectivity index (χ2v) is 4.45. The number of hydrogen-bond donors (Lipinski definition) is 3. The van der Waals surface area contributed by atoms with Gasteiger partial charge in [-0.15, -0.1) is 5.10 Å². The minimum absolute atomic E-state index is 0.0554. The van der Waals surface area contributed by atoms with E-state index in [1.807, 2.05) is 0 Å². The molecule has 0 saturated carbocycles. The second-order valence-electron chi connectivity index (χ2n) is 4.45. The molecular weight excluding hydrogens is 236 g/mol. The van der Waals surface area contributed by atoms with Gasteiger partial charge in [0, 0.05) is 19.1 Å². The average molecular weight is 254 g/mol. The van der Waals surface area contributed by atoms with Crippen molar-refractivity contribution in [1.82, 2.24) is 20.3 Å². The van der Waals surface area contributed by atoms with Crippen LogP contribution in [-0.2, 0) is 6.54 Å². The summed E-state index contributed by atoms with van der Waals surface area (Å²) in [5.41, 5.74) is 0.761. The number of piperidine rings is 1. The molecule has 3 N–H and O–H groups in total. The predicted molar refractivity (Wildman–Crippen MR) is 63.5 cm³/mol. The number of rotatable bonds is 5. The fraction of sp³-hybridized carbons (Fsp3) is 0.727. The molecule has 0 unspecified atom stereocenters. The van der Waals surface area contributed by atoms with Gasteiger partial charge in [-0.1, -0.05) is 5.21 Å². The van der Waals surface area contributed by atoms with Crippen molar-refractivity contribution in [2.75, 3.05) is 19.7 Å². The molecule has 0 aliphatic carbocycles. The Labute approximate surface area is 105 Å². The van der Waals surface area contributed by atoms with Gasteiger partial charge in [-0.3, -0.25) is 0 Å². The Balaban J connectivity index is 2.26. The van der Waals surface area contributed by atoms with Crippen molar-refractivity contribution in [3.63, 3.8) is 0 Å². The number of aromatic nitrogens is 3. The second kappa shape index (κ2) is 5.92. The average Bonchev–Trinajstić information content (AvgIpc) is 2.81. The first-order valence-electron chi connectivity index (χ1n) is 6.22. The molecule has 1 aliphatic heterocycles. The van der Waals surface area contributed by atoms with Crippen LogP contribution in [0.4, 0.5) is 0 Å². The molecule has 1 fully saturated rings. The summed E-state index contributed by atoms with van der Waals surface area (Å²) in [4.78, 5) is 11.2. The fourth-order valence-corrected chi connectivity index (χ4v) is 2.36.